The van der Waals surface area contributed by atoms with Crippen molar-refractivity contribution in [3.8, 4) is 0 Å². The standard InChI is InChI=1S/C26H41N5O6/c1-4-20(32)30-21(16-8-5-6-9-16)26(37)31(3)15(2)23(34)29-19(14-17-10-7-13-27-24(17)35)22(33)25(36)28-18-11-12-18/h15-19,21H,4-14H2,1-3H3,(H,27,35)(H,28,36)(H,29,34)(H,30,32)/t15-,17-,19-,21+/m0/s1. The summed E-state index contributed by atoms with van der Waals surface area (Å²) in [5.74, 6) is -3.45. The number of carbonyl (C=O) groups excluding carboxylic acids is 6. The van der Waals surface area contributed by atoms with Crippen LogP contribution in [0.3, 0.4) is 0 Å². The van der Waals surface area contributed by atoms with Crippen LogP contribution in [0.25, 0.3) is 0 Å². The van der Waals surface area contributed by atoms with E-state index >= 15 is 0 Å². The van der Waals surface area contributed by atoms with Crippen LogP contribution in [0, 0.1) is 11.8 Å². The van der Waals surface area contributed by atoms with E-state index in [4.69, 9.17) is 0 Å². The summed E-state index contributed by atoms with van der Waals surface area (Å²) < 4.78 is 0. The summed E-state index contributed by atoms with van der Waals surface area (Å²) in [5.41, 5.74) is 0. The summed E-state index contributed by atoms with van der Waals surface area (Å²) in [6.07, 6.45) is 6.80. The fourth-order valence-electron chi connectivity index (χ4n) is 5.04. The second-order valence-corrected chi connectivity index (χ2v) is 10.6. The molecule has 2 saturated carbocycles. The van der Waals surface area contributed by atoms with E-state index in [0.717, 1.165) is 44.9 Å². The van der Waals surface area contributed by atoms with Gasteiger partial charge in [0.05, 0.1) is 6.04 Å². The number of rotatable bonds is 12. The van der Waals surface area contributed by atoms with E-state index in [0.29, 0.717) is 13.0 Å². The fraction of sp³-hybridized carbons (Fsp3) is 0.769. The van der Waals surface area contributed by atoms with Gasteiger partial charge in [0.25, 0.3) is 5.91 Å². The van der Waals surface area contributed by atoms with Gasteiger partial charge in [-0.05, 0) is 57.8 Å². The van der Waals surface area contributed by atoms with Gasteiger partial charge in [0.15, 0.2) is 0 Å². The molecular formula is C26H41N5O6. The highest BCUT2D eigenvalue weighted by Gasteiger charge is 2.39. The molecule has 1 saturated heterocycles. The van der Waals surface area contributed by atoms with Crippen molar-refractivity contribution in [1.29, 1.82) is 0 Å². The Morgan fingerprint density at radius 2 is 1.68 bits per heavy atom. The third-order valence-corrected chi connectivity index (χ3v) is 7.77. The molecule has 2 aliphatic carbocycles. The highest BCUT2D eigenvalue weighted by Crippen LogP contribution is 2.29. The maximum atomic E-state index is 13.4. The first-order valence-corrected chi connectivity index (χ1v) is 13.6. The number of nitrogens with one attached hydrogen (secondary N) is 4. The molecule has 4 N–H and O–H groups in total. The highest BCUT2D eigenvalue weighted by molar-refractivity contribution is 6.38. The quantitative estimate of drug-likeness (QED) is 0.270. The van der Waals surface area contributed by atoms with Crippen molar-refractivity contribution in [2.45, 2.75) is 102 Å². The van der Waals surface area contributed by atoms with E-state index in [1.165, 1.54) is 11.9 Å². The Kier molecular flexibility index (Phi) is 10.0. The van der Waals surface area contributed by atoms with E-state index < -0.39 is 41.6 Å². The topological polar surface area (TPSA) is 154 Å². The van der Waals surface area contributed by atoms with Crippen LogP contribution in [0.1, 0.15) is 78.1 Å². The molecule has 5 amide bonds. The molecule has 3 fully saturated rings. The molecule has 3 aliphatic rings. The van der Waals surface area contributed by atoms with E-state index in [2.05, 4.69) is 21.3 Å². The Morgan fingerprint density at radius 3 is 2.27 bits per heavy atom. The second-order valence-electron chi connectivity index (χ2n) is 10.6. The number of hydrogen-bond donors (Lipinski definition) is 4. The van der Waals surface area contributed by atoms with Crippen LogP contribution in [0.2, 0.25) is 0 Å². The predicted molar refractivity (Wildman–Crippen MR) is 135 cm³/mol. The normalized spacial score (nSPS) is 22.2. The minimum absolute atomic E-state index is 0.00553. The Hall–Kier alpha value is -2.98. The molecule has 1 aliphatic heterocycles. The van der Waals surface area contributed by atoms with Crippen LogP contribution in [-0.2, 0) is 28.8 Å². The SMILES string of the molecule is CCC(=O)N[C@@H](C(=O)N(C)[C@@H](C)C(=O)N[C@@H](C[C@@H]1CCCNC1=O)C(=O)C(=O)NC1CC1)C1CCCC1. The lowest BCUT2D eigenvalue weighted by Gasteiger charge is -2.32. The van der Waals surface area contributed by atoms with E-state index in [-0.39, 0.29) is 42.5 Å². The first kappa shape index (κ1) is 28.6. The number of hydrogen-bond acceptors (Lipinski definition) is 6. The van der Waals surface area contributed by atoms with Gasteiger partial charge < -0.3 is 26.2 Å². The zero-order valence-corrected chi connectivity index (χ0v) is 22.1. The zero-order chi connectivity index (χ0) is 27.1. The predicted octanol–water partition coefficient (Wildman–Crippen LogP) is 0.167. The van der Waals surface area contributed by atoms with Gasteiger partial charge in [-0.3, -0.25) is 28.8 Å². The van der Waals surface area contributed by atoms with Crippen LogP contribution in [0.15, 0.2) is 0 Å². The minimum atomic E-state index is -1.18. The van der Waals surface area contributed by atoms with Gasteiger partial charge >= 0.3 is 0 Å². The number of likely N-dealkylation sites (N-methyl/N-ethyl adjacent to an activating group) is 1. The van der Waals surface area contributed by atoms with Gasteiger partial charge in [0.2, 0.25) is 29.4 Å². The Morgan fingerprint density at radius 1 is 1.00 bits per heavy atom. The molecule has 11 nitrogen and oxygen atoms in total. The molecule has 0 aromatic heterocycles. The summed E-state index contributed by atoms with van der Waals surface area (Å²) >= 11 is 0. The van der Waals surface area contributed by atoms with Crippen molar-refractivity contribution in [3.63, 3.8) is 0 Å². The fourth-order valence-corrected chi connectivity index (χ4v) is 5.04. The van der Waals surface area contributed by atoms with Crippen molar-refractivity contribution < 1.29 is 28.8 Å². The molecule has 3 rings (SSSR count). The molecule has 0 aromatic rings. The molecule has 0 bridgehead atoms. The molecule has 1 heterocycles. The number of ketones is 1. The number of carbonyl (C=O) groups is 6. The van der Waals surface area contributed by atoms with Crippen molar-refractivity contribution in [1.82, 2.24) is 26.2 Å². The molecule has 0 aromatic carbocycles. The maximum absolute atomic E-state index is 13.4. The Bertz CT molecular complexity index is 898. The number of Topliss-reactive ketones (excluding diaryl/α,β-unsaturated/α-hetero) is 1. The molecule has 37 heavy (non-hydrogen) atoms. The molecule has 0 unspecified atom stereocenters. The monoisotopic (exact) mass is 519 g/mol. The summed E-state index contributed by atoms with van der Waals surface area (Å²) in [5, 5.41) is 10.9. The third-order valence-electron chi connectivity index (χ3n) is 7.77. The van der Waals surface area contributed by atoms with Crippen molar-refractivity contribution in [2.24, 2.45) is 11.8 Å². The smallest absolute Gasteiger partial charge is 0.289 e. The Balaban J connectivity index is 1.70. The van der Waals surface area contributed by atoms with Crippen LogP contribution in [0.4, 0.5) is 0 Å². The number of amides is 5. The number of piperidine rings is 1. The van der Waals surface area contributed by atoms with Gasteiger partial charge in [-0.2, -0.15) is 0 Å². The highest BCUT2D eigenvalue weighted by atomic mass is 16.2. The van der Waals surface area contributed by atoms with Crippen molar-refractivity contribution >= 4 is 35.3 Å². The maximum Gasteiger partial charge on any atom is 0.289 e. The summed E-state index contributed by atoms with van der Waals surface area (Å²) in [7, 11) is 1.50. The molecule has 11 heteroatoms. The van der Waals surface area contributed by atoms with Crippen molar-refractivity contribution in [2.75, 3.05) is 13.6 Å². The summed E-state index contributed by atoms with van der Waals surface area (Å²) in [6, 6.07) is -2.89. The molecule has 0 spiro atoms. The largest absolute Gasteiger partial charge is 0.356 e. The van der Waals surface area contributed by atoms with E-state index in [1.54, 1.807) is 13.8 Å². The molecule has 4 atom stereocenters. The third kappa shape index (κ3) is 7.75. The first-order valence-electron chi connectivity index (χ1n) is 13.6. The number of nitrogens with zero attached hydrogens (tertiary/aromatic N) is 1. The van der Waals surface area contributed by atoms with Gasteiger partial charge in [0, 0.05) is 32.0 Å². The lowest BCUT2D eigenvalue weighted by atomic mass is 9.89. The van der Waals surface area contributed by atoms with E-state index in [9.17, 15) is 28.8 Å². The molecular weight excluding hydrogens is 478 g/mol. The van der Waals surface area contributed by atoms with Gasteiger partial charge in [0.1, 0.15) is 12.1 Å². The van der Waals surface area contributed by atoms with E-state index in [1.807, 2.05) is 0 Å². The van der Waals surface area contributed by atoms with Gasteiger partial charge in [-0.1, -0.05) is 19.8 Å². The van der Waals surface area contributed by atoms with Crippen LogP contribution < -0.4 is 21.3 Å². The first-order chi connectivity index (χ1) is 17.6. The van der Waals surface area contributed by atoms with Crippen LogP contribution in [-0.4, -0.2) is 78.0 Å². The Labute approximate surface area is 218 Å². The lowest BCUT2D eigenvalue weighted by molar-refractivity contribution is -0.144. The zero-order valence-electron chi connectivity index (χ0n) is 22.1. The average molecular weight is 520 g/mol. The van der Waals surface area contributed by atoms with Gasteiger partial charge in [-0.15, -0.1) is 0 Å². The summed E-state index contributed by atoms with van der Waals surface area (Å²) in [4.78, 5) is 77.8. The summed E-state index contributed by atoms with van der Waals surface area (Å²) in [6.45, 7) is 3.82. The van der Waals surface area contributed by atoms with Gasteiger partial charge in [-0.25, -0.2) is 0 Å². The van der Waals surface area contributed by atoms with Crippen LogP contribution >= 0.6 is 0 Å². The van der Waals surface area contributed by atoms with Crippen molar-refractivity contribution in [3.05, 3.63) is 0 Å². The second kappa shape index (κ2) is 13.0. The molecule has 0 radical (unpaired) electrons. The average Bonchev–Trinajstić information content (AvgIpc) is 3.54. The molecule has 206 valence electrons. The minimum Gasteiger partial charge on any atom is -0.356 e. The lowest BCUT2D eigenvalue weighted by Crippen LogP contribution is -2.58. The van der Waals surface area contributed by atoms with Crippen LogP contribution in [0.5, 0.6) is 0 Å².